The molecule has 2 heterocycles. The van der Waals surface area contributed by atoms with Crippen molar-refractivity contribution in [2.45, 2.75) is 58.6 Å². The van der Waals surface area contributed by atoms with E-state index in [1.54, 1.807) is 27.7 Å². The molecule has 0 aliphatic carbocycles. The van der Waals surface area contributed by atoms with Crippen LogP contribution >= 0.6 is 0 Å². The third-order valence-corrected chi connectivity index (χ3v) is 3.00. The van der Waals surface area contributed by atoms with Gasteiger partial charge in [-0.1, -0.05) is 0 Å². The van der Waals surface area contributed by atoms with Gasteiger partial charge >= 0.3 is 12.3 Å². The Kier molecular flexibility index (Phi) is 3.63. The summed E-state index contributed by atoms with van der Waals surface area (Å²) < 4.78 is 44.6. The highest BCUT2D eigenvalue weighted by molar-refractivity contribution is 5.68. The quantitative estimate of drug-likeness (QED) is 0.738. The monoisotopic (exact) mass is 306 g/mol. The highest BCUT2D eigenvalue weighted by Gasteiger charge is 2.41. The van der Waals surface area contributed by atoms with E-state index in [4.69, 9.17) is 4.74 Å². The minimum atomic E-state index is -4.56. The van der Waals surface area contributed by atoms with Gasteiger partial charge in [-0.25, -0.2) is 4.79 Å². The number of ether oxygens (including phenoxy) is 1. The highest BCUT2D eigenvalue weighted by Crippen LogP contribution is 2.30. The van der Waals surface area contributed by atoms with Gasteiger partial charge in [0.05, 0.1) is 12.6 Å². The van der Waals surface area contributed by atoms with Crippen LogP contribution in [0.1, 0.15) is 39.3 Å². The van der Waals surface area contributed by atoms with Crippen LogP contribution < -0.4 is 0 Å². The Morgan fingerprint density at radius 3 is 2.43 bits per heavy atom. The predicted molar refractivity (Wildman–Crippen MR) is 66.3 cm³/mol. The van der Waals surface area contributed by atoms with Crippen molar-refractivity contribution in [2.75, 3.05) is 0 Å². The maximum Gasteiger partial charge on any atom is 0.451 e. The summed E-state index contributed by atoms with van der Waals surface area (Å²) in [5, 5.41) is 6.71. The third-order valence-electron chi connectivity index (χ3n) is 3.00. The van der Waals surface area contributed by atoms with Crippen molar-refractivity contribution in [2.24, 2.45) is 0 Å². The van der Waals surface area contributed by atoms with Crippen LogP contribution in [0.5, 0.6) is 0 Å². The van der Waals surface area contributed by atoms with E-state index in [0.29, 0.717) is 0 Å². The molecule has 0 saturated heterocycles. The van der Waals surface area contributed by atoms with E-state index >= 15 is 0 Å². The Morgan fingerprint density at radius 1 is 1.29 bits per heavy atom. The molecule has 0 fully saturated rings. The molecule has 1 aliphatic heterocycles. The molecule has 0 saturated carbocycles. The van der Waals surface area contributed by atoms with Gasteiger partial charge in [0.1, 0.15) is 5.60 Å². The van der Waals surface area contributed by atoms with E-state index in [2.05, 4.69) is 10.2 Å². The summed E-state index contributed by atoms with van der Waals surface area (Å²) in [4.78, 5) is 13.4. The first kappa shape index (κ1) is 15.6. The zero-order chi connectivity index (χ0) is 16.0. The topological polar surface area (TPSA) is 60.2 Å². The van der Waals surface area contributed by atoms with Crippen LogP contribution in [0.4, 0.5) is 18.0 Å². The number of nitrogens with zero attached hydrogens (tertiary/aromatic N) is 4. The van der Waals surface area contributed by atoms with Gasteiger partial charge in [0, 0.05) is 6.54 Å². The summed E-state index contributed by atoms with van der Waals surface area (Å²) in [5.41, 5.74) is -0.668. The molecule has 6 nitrogen and oxygen atoms in total. The van der Waals surface area contributed by atoms with Gasteiger partial charge < -0.3 is 9.30 Å². The summed E-state index contributed by atoms with van der Waals surface area (Å²) in [6.07, 6.45) is -5.13. The summed E-state index contributed by atoms with van der Waals surface area (Å²) in [6, 6.07) is -0.440. The zero-order valence-electron chi connectivity index (χ0n) is 12.2. The van der Waals surface area contributed by atoms with E-state index in [-0.39, 0.29) is 18.9 Å². The van der Waals surface area contributed by atoms with Crippen molar-refractivity contribution in [3.05, 3.63) is 11.6 Å². The van der Waals surface area contributed by atoms with Crippen molar-refractivity contribution in [1.29, 1.82) is 0 Å². The molecule has 0 aromatic carbocycles. The first-order chi connectivity index (χ1) is 9.49. The van der Waals surface area contributed by atoms with Crippen molar-refractivity contribution in [3.8, 4) is 0 Å². The molecular weight excluding hydrogens is 289 g/mol. The normalized spacial score (nSPS) is 19.4. The summed E-state index contributed by atoms with van der Waals surface area (Å²) >= 11 is 0. The van der Waals surface area contributed by atoms with Crippen LogP contribution in [-0.2, 0) is 24.0 Å². The summed E-state index contributed by atoms with van der Waals surface area (Å²) in [5.74, 6) is -0.931. The molecule has 9 heteroatoms. The van der Waals surface area contributed by atoms with Crippen molar-refractivity contribution in [3.63, 3.8) is 0 Å². The molecule has 21 heavy (non-hydrogen) atoms. The predicted octanol–water partition coefficient (Wildman–Crippen LogP) is 2.44. The maximum absolute atomic E-state index is 12.8. The van der Waals surface area contributed by atoms with Gasteiger partial charge in [-0.3, -0.25) is 4.90 Å². The smallest absolute Gasteiger partial charge is 0.444 e. The van der Waals surface area contributed by atoms with Gasteiger partial charge in [-0.05, 0) is 27.7 Å². The van der Waals surface area contributed by atoms with E-state index in [1.807, 2.05) is 0 Å². The average Bonchev–Trinajstić information content (AvgIpc) is 2.67. The molecule has 0 N–H and O–H groups in total. The second-order valence-electron chi connectivity index (χ2n) is 6.01. The lowest BCUT2D eigenvalue weighted by molar-refractivity contribution is -0.148. The molecule has 0 bridgehead atoms. The molecule has 1 aromatic rings. The van der Waals surface area contributed by atoms with Crippen LogP contribution in [0.2, 0.25) is 0 Å². The molecule has 0 unspecified atom stereocenters. The molecule has 0 radical (unpaired) electrons. The Balaban J connectivity index is 2.22. The van der Waals surface area contributed by atoms with Gasteiger partial charge in [0.2, 0.25) is 5.82 Å². The minimum absolute atomic E-state index is 0.0174. The maximum atomic E-state index is 12.8. The zero-order valence-corrected chi connectivity index (χ0v) is 12.2. The molecule has 1 aromatic heterocycles. The number of hydrogen-bond acceptors (Lipinski definition) is 4. The Hall–Kier alpha value is -1.80. The fraction of sp³-hybridized carbons (Fsp3) is 0.750. The van der Waals surface area contributed by atoms with Crippen LogP contribution in [0, 0.1) is 0 Å². The molecule has 2 rings (SSSR count). The lowest BCUT2D eigenvalue weighted by atomic mass is 10.2. The van der Waals surface area contributed by atoms with E-state index in [0.717, 1.165) is 4.57 Å². The number of rotatable bonds is 0. The van der Waals surface area contributed by atoms with E-state index in [9.17, 15) is 18.0 Å². The second-order valence-corrected chi connectivity index (χ2v) is 6.01. The third kappa shape index (κ3) is 3.27. The standard InChI is InChI=1S/C12H17F3N4O2/c1-7-5-19-8(16-17-9(19)12(13,14)15)6-18(7)10(20)21-11(2,3)4/h7H,5-6H2,1-4H3/t7-/m0/s1. The molecule has 0 spiro atoms. The summed E-state index contributed by atoms with van der Waals surface area (Å²) in [7, 11) is 0. The Labute approximate surface area is 119 Å². The molecular formula is C12H17F3N4O2. The van der Waals surface area contributed by atoms with Crippen molar-refractivity contribution < 1.29 is 22.7 Å². The number of amides is 1. The van der Waals surface area contributed by atoms with E-state index < -0.39 is 29.7 Å². The number of carbonyl (C=O) groups excluding carboxylic acids is 1. The highest BCUT2D eigenvalue weighted by atomic mass is 19.4. The van der Waals surface area contributed by atoms with Crippen LogP contribution in [0.25, 0.3) is 0 Å². The first-order valence-corrected chi connectivity index (χ1v) is 6.48. The van der Waals surface area contributed by atoms with Crippen molar-refractivity contribution in [1.82, 2.24) is 19.7 Å². The fourth-order valence-corrected chi connectivity index (χ4v) is 2.09. The number of alkyl halides is 3. The SMILES string of the molecule is C[C@H]1Cn2c(nnc2C(F)(F)F)CN1C(=O)OC(C)(C)C. The van der Waals surface area contributed by atoms with Gasteiger partial charge in [-0.15, -0.1) is 10.2 Å². The number of halogens is 3. The Morgan fingerprint density at radius 2 is 1.90 bits per heavy atom. The second kappa shape index (κ2) is 4.88. The van der Waals surface area contributed by atoms with Gasteiger partial charge in [-0.2, -0.15) is 13.2 Å². The number of fused-ring (bicyclic) bond motifs is 1. The average molecular weight is 306 g/mol. The van der Waals surface area contributed by atoms with Gasteiger partial charge in [0.15, 0.2) is 5.82 Å². The van der Waals surface area contributed by atoms with Crippen LogP contribution in [-0.4, -0.2) is 37.4 Å². The fourth-order valence-electron chi connectivity index (χ4n) is 2.09. The lowest BCUT2D eigenvalue weighted by Crippen LogP contribution is -2.47. The Bertz CT molecular complexity index is 548. The molecule has 1 aliphatic rings. The van der Waals surface area contributed by atoms with E-state index in [1.165, 1.54) is 4.90 Å². The first-order valence-electron chi connectivity index (χ1n) is 6.48. The van der Waals surface area contributed by atoms with Crippen molar-refractivity contribution >= 4 is 6.09 Å². The minimum Gasteiger partial charge on any atom is -0.444 e. The number of carbonyl (C=O) groups is 1. The van der Waals surface area contributed by atoms with Gasteiger partial charge in [0.25, 0.3) is 0 Å². The lowest BCUT2D eigenvalue weighted by Gasteiger charge is -2.35. The van der Waals surface area contributed by atoms with Crippen LogP contribution in [0.3, 0.4) is 0 Å². The summed E-state index contributed by atoms with van der Waals surface area (Å²) in [6.45, 7) is 6.76. The van der Waals surface area contributed by atoms with Crippen LogP contribution in [0.15, 0.2) is 0 Å². The number of hydrogen-bond donors (Lipinski definition) is 0. The molecule has 118 valence electrons. The number of aromatic nitrogens is 3. The molecule has 1 atom stereocenters. The molecule has 1 amide bonds. The largest absolute Gasteiger partial charge is 0.451 e.